The van der Waals surface area contributed by atoms with Gasteiger partial charge in [0.1, 0.15) is 5.60 Å². The number of unbranched alkanes of at least 4 members (excludes halogenated alkanes) is 14. The standard InChI is InChI=1S/C37H73N2O9P/c1-7-10-12-14-15-16-17-18-19-21-23-25-35(41)39-33(31-44-29-26-34(40)24-22-20-13-11-8-2)32-47-49(43,45-28-9-3)46-30-27-38-36(42)48-37(4,5)6/h9,33-34,40H,3,7-8,10-32H2,1-2,4-6H3,(H,38,42)(H,39,41)/t33-,34-,49?/m1/s1. The number of ether oxygens (including phenoxy) is 2. The van der Waals surface area contributed by atoms with Gasteiger partial charge in [-0.1, -0.05) is 116 Å². The van der Waals surface area contributed by atoms with Gasteiger partial charge in [0, 0.05) is 19.6 Å². The number of hydrogen-bond acceptors (Lipinski definition) is 9. The van der Waals surface area contributed by atoms with Crippen LogP contribution in [-0.4, -0.2) is 74.4 Å². The first-order valence-corrected chi connectivity index (χ1v) is 20.6. The monoisotopic (exact) mass is 721 g/mol. The van der Waals surface area contributed by atoms with E-state index in [0.29, 0.717) is 19.4 Å². The van der Waals surface area contributed by atoms with Crippen LogP contribution in [0.25, 0.3) is 0 Å². The number of carbonyl (C=O) groups excluding carboxylic acids is 2. The number of carbonyl (C=O) groups is 2. The number of alkyl carbamates (subject to hydrolysis) is 1. The van der Waals surface area contributed by atoms with E-state index in [-0.39, 0.29) is 38.9 Å². The largest absolute Gasteiger partial charge is 0.475 e. The molecule has 3 atom stereocenters. The molecular formula is C37H73N2O9P. The van der Waals surface area contributed by atoms with Crippen LogP contribution in [0.4, 0.5) is 4.79 Å². The summed E-state index contributed by atoms with van der Waals surface area (Å²) in [5.41, 5.74) is -0.655. The number of rotatable bonds is 34. The lowest BCUT2D eigenvalue weighted by Crippen LogP contribution is -2.41. The molecule has 3 N–H and O–H groups in total. The van der Waals surface area contributed by atoms with Gasteiger partial charge in [-0.25, -0.2) is 9.36 Å². The Balaban J connectivity index is 4.88. The predicted molar refractivity (Wildman–Crippen MR) is 198 cm³/mol. The Hall–Kier alpha value is -1.49. The van der Waals surface area contributed by atoms with Crippen molar-refractivity contribution in [3.8, 4) is 0 Å². The molecule has 0 saturated carbocycles. The maximum atomic E-state index is 13.4. The molecule has 0 heterocycles. The number of nitrogens with one attached hydrogen (secondary N) is 2. The first-order valence-electron chi connectivity index (χ1n) is 19.1. The van der Waals surface area contributed by atoms with Gasteiger partial charge in [-0.15, -0.1) is 6.58 Å². The molecule has 2 amide bonds. The smallest absolute Gasteiger partial charge is 0.444 e. The molecule has 0 aromatic rings. The van der Waals surface area contributed by atoms with E-state index in [2.05, 4.69) is 31.1 Å². The third kappa shape index (κ3) is 32.2. The second-order valence-corrected chi connectivity index (χ2v) is 15.5. The fraction of sp³-hybridized carbons (Fsp3) is 0.892. The van der Waals surface area contributed by atoms with Crippen LogP contribution in [0.15, 0.2) is 12.7 Å². The lowest BCUT2D eigenvalue weighted by Gasteiger charge is -2.23. The molecule has 0 radical (unpaired) electrons. The van der Waals surface area contributed by atoms with Gasteiger partial charge >= 0.3 is 13.9 Å². The van der Waals surface area contributed by atoms with Crippen LogP contribution < -0.4 is 10.6 Å². The highest BCUT2D eigenvalue weighted by Gasteiger charge is 2.29. The third-order valence-electron chi connectivity index (χ3n) is 7.73. The van der Waals surface area contributed by atoms with Crippen molar-refractivity contribution in [1.29, 1.82) is 0 Å². The van der Waals surface area contributed by atoms with Gasteiger partial charge in [0.15, 0.2) is 0 Å². The number of phosphoric ester groups is 1. The molecule has 0 rings (SSSR count). The van der Waals surface area contributed by atoms with Gasteiger partial charge in [0.2, 0.25) is 5.91 Å². The first-order chi connectivity index (χ1) is 23.4. The zero-order chi connectivity index (χ0) is 36.6. The van der Waals surface area contributed by atoms with Crippen LogP contribution in [-0.2, 0) is 32.4 Å². The molecule has 0 bridgehead atoms. The molecule has 0 spiro atoms. The Morgan fingerprint density at radius 2 is 1.35 bits per heavy atom. The number of hydrogen-bond donors (Lipinski definition) is 3. The molecule has 1 unspecified atom stereocenters. The average molecular weight is 721 g/mol. The zero-order valence-corrected chi connectivity index (χ0v) is 32.7. The van der Waals surface area contributed by atoms with Crippen molar-refractivity contribution in [2.24, 2.45) is 0 Å². The van der Waals surface area contributed by atoms with Crippen LogP contribution in [0.3, 0.4) is 0 Å². The molecule has 12 heteroatoms. The first kappa shape index (κ1) is 47.5. The minimum Gasteiger partial charge on any atom is -0.444 e. The second-order valence-electron chi connectivity index (χ2n) is 13.9. The van der Waals surface area contributed by atoms with E-state index >= 15 is 0 Å². The lowest BCUT2D eigenvalue weighted by molar-refractivity contribution is -0.122. The summed E-state index contributed by atoms with van der Waals surface area (Å²) in [4.78, 5) is 24.8. The summed E-state index contributed by atoms with van der Waals surface area (Å²) in [5.74, 6) is -0.135. The fourth-order valence-corrected chi connectivity index (χ4v) is 6.20. The quantitative estimate of drug-likeness (QED) is 0.0337. The summed E-state index contributed by atoms with van der Waals surface area (Å²) in [6, 6.07) is -0.615. The van der Waals surface area contributed by atoms with Gasteiger partial charge in [0.25, 0.3) is 0 Å². The molecule has 0 aliphatic heterocycles. The highest BCUT2D eigenvalue weighted by molar-refractivity contribution is 7.48. The molecule has 0 saturated heterocycles. The van der Waals surface area contributed by atoms with Gasteiger partial charge in [-0.3, -0.25) is 18.4 Å². The number of aliphatic hydroxyl groups excluding tert-OH is 1. The topological polar surface area (TPSA) is 142 Å². The number of phosphoric acid groups is 1. The molecule has 11 nitrogen and oxygen atoms in total. The van der Waals surface area contributed by atoms with Crippen LogP contribution in [0.2, 0.25) is 0 Å². The maximum absolute atomic E-state index is 13.4. The summed E-state index contributed by atoms with van der Waals surface area (Å²) in [6.45, 7) is 13.3. The van der Waals surface area contributed by atoms with Crippen molar-refractivity contribution in [1.82, 2.24) is 10.6 Å². The minimum atomic E-state index is -4.07. The highest BCUT2D eigenvalue weighted by atomic mass is 31.2. The molecule has 49 heavy (non-hydrogen) atoms. The zero-order valence-electron chi connectivity index (χ0n) is 31.8. The fourth-order valence-electron chi connectivity index (χ4n) is 5.02. The second kappa shape index (κ2) is 31.3. The molecular weight excluding hydrogens is 647 g/mol. The Morgan fingerprint density at radius 1 is 0.776 bits per heavy atom. The summed E-state index contributed by atoms with van der Waals surface area (Å²) in [7, 11) is -4.07. The molecule has 290 valence electrons. The van der Waals surface area contributed by atoms with Crippen molar-refractivity contribution in [3.05, 3.63) is 12.7 Å². The van der Waals surface area contributed by atoms with Gasteiger partial charge in [-0.05, 0) is 40.0 Å². The van der Waals surface area contributed by atoms with E-state index in [1.165, 1.54) is 76.7 Å². The normalized spacial score (nSPS) is 14.2. The molecule has 0 aromatic carbocycles. The van der Waals surface area contributed by atoms with Crippen molar-refractivity contribution >= 4 is 19.8 Å². The minimum absolute atomic E-state index is 0.0167. The van der Waals surface area contributed by atoms with E-state index in [1.54, 1.807) is 20.8 Å². The van der Waals surface area contributed by atoms with E-state index < -0.39 is 31.7 Å². The van der Waals surface area contributed by atoms with Gasteiger partial charge in [0.05, 0.1) is 38.6 Å². The highest BCUT2D eigenvalue weighted by Crippen LogP contribution is 2.49. The third-order valence-corrected chi connectivity index (χ3v) is 9.16. The molecule has 0 fully saturated rings. The Labute approximate surface area is 299 Å². The number of aliphatic hydroxyl groups is 1. The van der Waals surface area contributed by atoms with Crippen molar-refractivity contribution < 1.29 is 42.3 Å². The summed E-state index contributed by atoms with van der Waals surface area (Å²) >= 11 is 0. The van der Waals surface area contributed by atoms with Crippen molar-refractivity contribution in [2.45, 2.75) is 174 Å². The van der Waals surface area contributed by atoms with E-state index in [1.807, 2.05) is 0 Å². The lowest BCUT2D eigenvalue weighted by atomic mass is 10.1. The molecule has 0 aromatic heterocycles. The maximum Gasteiger partial charge on any atom is 0.475 e. The van der Waals surface area contributed by atoms with E-state index in [0.717, 1.165) is 38.5 Å². The van der Waals surface area contributed by atoms with Crippen molar-refractivity contribution in [2.75, 3.05) is 39.6 Å². The Morgan fingerprint density at radius 3 is 1.92 bits per heavy atom. The van der Waals surface area contributed by atoms with E-state index in [4.69, 9.17) is 23.0 Å². The predicted octanol–water partition coefficient (Wildman–Crippen LogP) is 9.17. The van der Waals surface area contributed by atoms with Crippen LogP contribution in [0.5, 0.6) is 0 Å². The van der Waals surface area contributed by atoms with Crippen molar-refractivity contribution in [3.63, 3.8) is 0 Å². The SMILES string of the molecule is C=CCOP(=O)(OCCNC(=O)OC(C)(C)C)OC[C@@H](COCC[C@H](O)CCCCCCC)NC(=O)CCCCCCCCCCCCC. The Bertz CT molecular complexity index is 869. The summed E-state index contributed by atoms with van der Waals surface area (Å²) in [5, 5.41) is 15.8. The van der Waals surface area contributed by atoms with Crippen LogP contribution in [0.1, 0.15) is 157 Å². The molecule has 0 aliphatic rings. The van der Waals surface area contributed by atoms with Gasteiger partial charge < -0.3 is 25.2 Å². The summed E-state index contributed by atoms with van der Waals surface area (Å²) in [6.07, 6.45) is 20.8. The van der Waals surface area contributed by atoms with Crippen LogP contribution in [0, 0.1) is 0 Å². The summed E-state index contributed by atoms with van der Waals surface area (Å²) < 4.78 is 40.8. The van der Waals surface area contributed by atoms with E-state index in [9.17, 15) is 19.3 Å². The van der Waals surface area contributed by atoms with Gasteiger partial charge in [-0.2, -0.15) is 0 Å². The van der Waals surface area contributed by atoms with Crippen LogP contribution >= 0.6 is 7.82 Å². The Kier molecular flexibility index (Phi) is 30.3. The number of amides is 2. The molecule has 0 aliphatic carbocycles. The average Bonchev–Trinajstić information content (AvgIpc) is 3.04.